The molecule has 4 nitrogen and oxygen atoms in total. The fourth-order valence-corrected chi connectivity index (χ4v) is 1.92. The minimum Gasteiger partial charge on any atom is -0.357 e. The molecule has 4 heteroatoms. The van der Waals surface area contributed by atoms with Gasteiger partial charge in [-0.25, -0.2) is 4.98 Å². The van der Waals surface area contributed by atoms with Crippen LogP contribution in [0.1, 0.15) is 0 Å². The molecule has 0 spiro atoms. The van der Waals surface area contributed by atoms with Gasteiger partial charge in [-0.3, -0.25) is 0 Å². The second kappa shape index (κ2) is 5.48. The topological polar surface area (TPSA) is 50.7 Å². The molecule has 0 atom stereocenters. The van der Waals surface area contributed by atoms with Gasteiger partial charge in [0.2, 0.25) is 5.95 Å². The minimum atomic E-state index is 0.567. The highest BCUT2D eigenvalue weighted by Crippen LogP contribution is 2.20. The zero-order chi connectivity index (χ0) is 13.8. The summed E-state index contributed by atoms with van der Waals surface area (Å²) in [5, 5.41) is 2.99. The molecular formula is C16H14N4. The molecule has 0 unspecified atom stereocenters. The molecule has 0 amide bonds. The first kappa shape index (κ1) is 12.3. The summed E-state index contributed by atoms with van der Waals surface area (Å²) >= 11 is 0. The third kappa shape index (κ3) is 2.49. The van der Waals surface area contributed by atoms with E-state index in [9.17, 15) is 0 Å². The Hall–Kier alpha value is -2.75. The van der Waals surface area contributed by atoms with Gasteiger partial charge in [-0.2, -0.15) is 9.97 Å². The van der Waals surface area contributed by atoms with E-state index in [0.717, 1.165) is 11.1 Å². The van der Waals surface area contributed by atoms with Gasteiger partial charge in [0.25, 0.3) is 0 Å². The number of rotatable bonds is 3. The van der Waals surface area contributed by atoms with Crippen LogP contribution in [0.2, 0.25) is 0 Å². The lowest BCUT2D eigenvalue weighted by Gasteiger charge is -2.07. The summed E-state index contributed by atoms with van der Waals surface area (Å²) in [6, 6.07) is 19.8. The van der Waals surface area contributed by atoms with E-state index in [-0.39, 0.29) is 0 Å². The number of hydrogen-bond acceptors (Lipinski definition) is 4. The van der Waals surface area contributed by atoms with Crippen molar-refractivity contribution in [2.75, 3.05) is 12.4 Å². The van der Waals surface area contributed by atoms with Gasteiger partial charge >= 0.3 is 0 Å². The third-order valence-corrected chi connectivity index (χ3v) is 2.92. The Morgan fingerprint density at radius 1 is 0.650 bits per heavy atom. The standard InChI is InChI=1S/C16H14N4/c1-17-16-19-14(12-8-4-2-5-9-12)18-15(20-16)13-10-6-3-7-11-13/h2-11H,1H3,(H,17,18,19,20). The molecule has 0 radical (unpaired) electrons. The first-order valence-corrected chi connectivity index (χ1v) is 6.41. The molecule has 3 aromatic rings. The van der Waals surface area contributed by atoms with Crippen LogP contribution in [0.25, 0.3) is 22.8 Å². The monoisotopic (exact) mass is 262 g/mol. The molecule has 98 valence electrons. The fourth-order valence-electron chi connectivity index (χ4n) is 1.92. The largest absolute Gasteiger partial charge is 0.357 e. The number of anilines is 1. The normalized spacial score (nSPS) is 10.2. The SMILES string of the molecule is CNc1nc(-c2ccccc2)nc(-c2ccccc2)n1. The smallest absolute Gasteiger partial charge is 0.226 e. The molecule has 0 bridgehead atoms. The molecule has 1 aromatic heterocycles. The lowest BCUT2D eigenvalue weighted by atomic mass is 10.2. The molecule has 1 N–H and O–H groups in total. The van der Waals surface area contributed by atoms with Gasteiger partial charge in [0.05, 0.1) is 0 Å². The highest BCUT2D eigenvalue weighted by molar-refractivity contribution is 5.62. The van der Waals surface area contributed by atoms with E-state index in [0.29, 0.717) is 17.6 Å². The summed E-state index contributed by atoms with van der Waals surface area (Å²) in [5.41, 5.74) is 1.95. The Morgan fingerprint density at radius 3 is 1.50 bits per heavy atom. The molecule has 0 aliphatic carbocycles. The molecule has 0 saturated heterocycles. The summed E-state index contributed by atoms with van der Waals surface area (Å²) in [7, 11) is 1.80. The lowest BCUT2D eigenvalue weighted by Crippen LogP contribution is -2.02. The van der Waals surface area contributed by atoms with Crippen molar-refractivity contribution in [2.45, 2.75) is 0 Å². The zero-order valence-corrected chi connectivity index (χ0v) is 11.1. The van der Waals surface area contributed by atoms with E-state index in [1.165, 1.54) is 0 Å². The molecule has 3 rings (SSSR count). The van der Waals surface area contributed by atoms with Crippen LogP contribution in [0, 0.1) is 0 Å². The highest BCUT2D eigenvalue weighted by atomic mass is 15.1. The van der Waals surface area contributed by atoms with Crippen molar-refractivity contribution in [3.05, 3.63) is 60.7 Å². The Labute approximate surface area is 117 Å². The van der Waals surface area contributed by atoms with Crippen LogP contribution in [-0.2, 0) is 0 Å². The summed E-state index contributed by atoms with van der Waals surface area (Å²) in [6.07, 6.45) is 0. The van der Waals surface area contributed by atoms with Crippen molar-refractivity contribution < 1.29 is 0 Å². The number of nitrogens with zero attached hydrogens (tertiary/aromatic N) is 3. The second-order valence-electron chi connectivity index (χ2n) is 4.29. The molecule has 20 heavy (non-hydrogen) atoms. The first-order valence-electron chi connectivity index (χ1n) is 6.41. The van der Waals surface area contributed by atoms with Crippen LogP contribution in [-0.4, -0.2) is 22.0 Å². The maximum Gasteiger partial charge on any atom is 0.226 e. The van der Waals surface area contributed by atoms with Gasteiger partial charge < -0.3 is 5.32 Å². The quantitative estimate of drug-likeness (QED) is 0.787. The Balaban J connectivity index is 2.13. The predicted molar refractivity (Wildman–Crippen MR) is 80.2 cm³/mol. The van der Waals surface area contributed by atoms with Crippen LogP contribution >= 0.6 is 0 Å². The number of nitrogens with one attached hydrogen (secondary N) is 1. The van der Waals surface area contributed by atoms with E-state index in [1.807, 2.05) is 60.7 Å². The van der Waals surface area contributed by atoms with Crippen molar-refractivity contribution in [3.8, 4) is 22.8 Å². The summed E-state index contributed by atoms with van der Waals surface area (Å²) in [6.45, 7) is 0. The van der Waals surface area contributed by atoms with Crippen molar-refractivity contribution in [3.63, 3.8) is 0 Å². The van der Waals surface area contributed by atoms with Crippen molar-refractivity contribution in [1.82, 2.24) is 15.0 Å². The van der Waals surface area contributed by atoms with Crippen molar-refractivity contribution in [1.29, 1.82) is 0 Å². The van der Waals surface area contributed by atoms with Crippen LogP contribution < -0.4 is 5.32 Å². The Kier molecular flexibility index (Phi) is 3.37. The van der Waals surface area contributed by atoms with E-state index >= 15 is 0 Å². The number of aromatic nitrogens is 3. The minimum absolute atomic E-state index is 0.567. The number of hydrogen-bond donors (Lipinski definition) is 1. The molecule has 0 fully saturated rings. The summed E-state index contributed by atoms with van der Waals surface area (Å²) in [5.74, 6) is 1.91. The van der Waals surface area contributed by atoms with Crippen LogP contribution in [0.3, 0.4) is 0 Å². The van der Waals surface area contributed by atoms with Gasteiger partial charge in [0, 0.05) is 18.2 Å². The first-order chi connectivity index (χ1) is 9.86. The Morgan fingerprint density at radius 2 is 1.10 bits per heavy atom. The van der Waals surface area contributed by atoms with Gasteiger partial charge in [-0.1, -0.05) is 60.7 Å². The second-order valence-corrected chi connectivity index (χ2v) is 4.29. The number of benzene rings is 2. The predicted octanol–water partition coefficient (Wildman–Crippen LogP) is 3.25. The molecular weight excluding hydrogens is 248 g/mol. The van der Waals surface area contributed by atoms with Gasteiger partial charge in [-0.15, -0.1) is 0 Å². The average molecular weight is 262 g/mol. The molecule has 2 aromatic carbocycles. The van der Waals surface area contributed by atoms with E-state index in [1.54, 1.807) is 7.05 Å². The van der Waals surface area contributed by atoms with Crippen LogP contribution in [0.4, 0.5) is 5.95 Å². The average Bonchev–Trinajstić information content (AvgIpc) is 2.56. The molecule has 0 aliphatic rings. The van der Waals surface area contributed by atoms with Crippen LogP contribution in [0.5, 0.6) is 0 Å². The van der Waals surface area contributed by atoms with E-state index in [2.05, 4.69) is 20.3 Å². The van der Waals surface area contributed by atoms with Gasteiger partial charge in [0.1, 0.15) is 0 Å². The van der Waals surface area contributed by atoms with E-state index < -0.39 is 0 Å². The summed E-state index contributed by atoms with van der Waals surface area (Å²) in [4.78, 5) is 13.4. The summed E-state index contributed by atoms with van der Waals surface area (Å²) < 4.78 is 0. The van der Waals surface area contributed by atoms with Gasteiger partial charge in [0.15, 0.2) is 11.6 Å². The molecule has 1 heterocycles. The van der Waals surface area contributed by atoms with Crippen molar-refractivity contribution in [2.24, 2.45) is 0 Å². The van der Waals surface area contributed by atoms with Gasteiger partial charge in [-0.05, 0) is 0 Å². The molecule has 0 saturated carbocycles. The lowest BCUT2D eigenvalue weighted by molar-refractivity contribution is 1.06. The third-order valence-electron chi connectivity index (χ3n) is 2.92. The van der Waals surface area contributed by atoms with Crippen LogP contribution in [0.15, 0.2) is 60.7 Å². The van der Waals surface area contributed by atoms with Crippen molar-refractivity contribution >= 4 is 5.95 Å². The van der Waals surface area contributed by atoms with E-state index in [4.69, 9.17) is 0 Å². The highest BCUT2D eigenvalue weighted by Gasteiger charge is 2.08. The maximum absolute atomic E-state index is 4.56. The fraction of sp³-hybridized carbons (Fsp3) is 0.0625. The zero-order valence-electron chi connectivity index (χ0n) is 11.1. The molecule has 0 aliphatic heterocycles. The Bertz CT molecular complexity index is 638. The maximum atomic E-state index is 4.56.